The lowest BCUT2D eigenvalue weighted by Crippen LogP contribution is -2.41. The predicted molar refractivity (Wildman–Crippen MR) is 80.2 cm³/mol. The molecular formula is C12H18BrN3O3S. The molecule has 2 N–H and O–H groups in total. The van der Waals surface area contributed by atoms with E-state index in [1.165, 1.54) is 0 Å². The third-order valence-electron chi connectivity index (χ3n) is 3.15. The lowest BCUT2D eigenvalue weighted by molar-refractivity contribution is 0.0173. The summed E-state index contributed by atoms with van der Waals surface area (Å²) in [6.07, 6.45) is 2.98. The summed E-state index contributed by atoms with van der Waals surface area (Å²) < 4.78 is 33.8. The molecule has 2 unspecified atom stereocenters. The van der Waals surface area contributed by atoms with Gasteiger partial charge in [-0.05, 0) is 41.8 Å². The highest BCUT2D eigenvalue weighted by molar-refractivity contribution is 9.10. The van der Waals surface area contributed by atoms with Crippen molar-refractivity contribution < 1.29 is 13.2 Å². The molecule has 0 amide bonds. The van der Waals surface area contributed by atoms with Gasteiger partial charge in [0.15, 0.2) is 0 Å². The number of hydrogen-bond acceptors (Lipinski definition) is 5. The topological polar surface area (TPSA) is 80.3 Å². The summed E-state index contributed by atoms with van der Waals surface area (Å²) in [5.41, 5.74) is 0. The molecule has 2 rings (SSSR count). The average molecular weight is 364 g/mol. The van der Waals surface area contributed by atoms with Crippen LogP contribution >= 0.6 is 15.9 Å². The first kappa shape index (κ1) is 15.7. The van der Waals surface area contributed by atoms with Crippen molar-refractivity contribution >= 4 is 31.8 Å². The normalized spacial score (nSPS) is 23.6. The maximum Gasteiger partial charge on any atom is 0.244 e. The quantitative estimate of drug-likeness (QED) is 0.851. The summed E-state index contributed by atoms with van der Waals surface area (Å²) in [6.45, 7) is 2.52. The third-order valence-corrected chi connectivity index (χ3v) is 5.12. The van der Waals surface area contributed by atoms with Crippen molar-refractivity contribution in [3.63, 3.8) is 0 Å². The molecule has 1 saturated heterocycles. The summed E-state index contributed by atoms with van der Waals surface area (Å²) in [5.74, 6) is 0.334. The Labute approximate surface area is 127 Å². The molecule has 2 heterocycles. The van der Waals surface area contributed by atoms with Crippen LogP contribution in [0.25, 0.3) is 0 Å². The van der Waals surface area contributed by atoms with Crippen LogP contribution in [0.1, 0.15) is 19.8 Å². The zero-order chi connectivity index (χ0) is 14.8. The lowest BCUT2D eigenvalue weighted by Gasteiger charge is -2.27. The highest BCUT2D eigenvalue weighted by Crippen LogP contribution is 2.24. The Morgan fingerprint density at radius 1 is 1.50 bits per heavy atom. The molecule has 1 aliphatic rings. The standard InChI is InChI=1S/C12H18BrN3O3S/c1-8-5-10(3-4-19-8)16-20(17,18)11-6-9(13)7-15-12(11)14-2/h6-8,10,16H,3-5H2,1-2H3,(H,14,15). The van der Waals surface area contributed by atoms with E-state index < -0.39 is 10.0 Å². The second-order valence-corrected chi connectivity index (χ2v) is 7.37. The second-order valence-electron chi connectivity index (χ2n) is 4.77. The smallest absolute Gasteiger partial charge is 0.244 e. The molecule has 1 aliphatic heterocycles. The van der Waals surface area contributed by atoms with Gasteiger partial charge in [0.2, 0.25) is 10.0 Å². The van der Waals surface area contributed by atoms with Crippen molar-refractivity contribution in [3.05, 3.63) is 16.7 Å². The number of nitrogens with zero attached hydrogens (tertiary/aromatic N) is 1. The van der Waals surface area contributed by atoms with Crippen LogP contribution in [0.5, 0.6) is 0 Å². The van der Waals surface area contributed by atoms with Crippen LogP contribution < -0.4 is 10.0 Å². The number of rotatable bonds is 4. The summed E-state index contributed by atoms with van der Waals surface area (Å²) in [7, 11) is -1.96. The molecule has 112 valence electrons. The summed E-state index contributed by atoms with van der Waals surface area (Å²) in [5, 5.41) is 2.80. The fraction of sp³-hybridized carbons (Fsp3) is 0.583. The highest BCUT2D eigenvalue weighted by atomic mass is 79.9. The molecule has 0 aliphatic carbocycles. The van der Waals surface area contributed by atoms with E-state index in [0.717, 1.165) is 0 Å². The van der Waals surface area contributed by atoms with Crippen LogP contribution in [-0.2, 0) is 14.8 Å². The van der Waals surface area contributed by atoms with E-state index in [0.29, 0.717) is 29.7 Å². The fourth-order valence-electron chi connectivity index (χ4n) is 2.20. The predicted octanol–water partition coefficient (Wildman–Crippen LogP) is 1.73. The van der Waals surface area contributed by atoms with Gasteiger partial charge in [-0.2, -0.15) is 0 Å². The number of aromatic nitrogens is 1. The minimum atomic E-state index is -3.61. The molecular weight excluding hydrogens is 346 g/mol. The van der Waals surface area contributed by atoms with E-state index in [4.69, 9.17) is 4.74 Å². The molecule has 0 spiro atoms. The minimum absolute atomic E-state index is 0.0702. The first-order valence-electron chi connectivity index (χ1n) is 6.39. The first-order valence-corrected chi connectivity index (χ1v) is 8.67. The molecule has 1 fully saturated rings. The van der Waals surface area contributed by atoms with Gasteiger partial charge in [-0.3, -0.25) is 0 Å². The van der Waals surface area contributed by atoms with Crippen LogP contribution in [0.2, 0.25) is 0 Å². The van der Waals surface area contributed by atoms with E-state index >= 15 is 0 Å². The van der Waals surface area contributed by atoms with Crippen molar-refractivity contribution in [2.75, 3.05) is 19.0 Å². The van der Waals surface area contributed by atoms with Crippen LogP contribution in [-0.4, -0.2) is 39.2 Å². The van der Waals surface area contributed by atoms with Gasteiger partial charge in [0.05, 0.1) is 6.10 Å². The average Bonchev–Trinajstić information content (AvgIpc) is 2.38. The SMILES string of the molecule is CNc1ncc(Br)cc1S(=O)(=O)NC1CCOC(C)C1. The summed E-state index contributed by atoms with van der Waals surface area (Å²) in [4.78, 5) is 4.22. The zero-order valence-electron chi connectivity index (χ0n) is 11.4. The summed E-state index contributed by atoms with van der Waals surface area (Å²) >= 11 is 3.25. The number of hydrogen-bond donors (Lipinski definition) is 2. The third kappa shape index (κ3) is 3.69. The Morgan fingerprint density at radius 3 is 2.90 bits per heavy atom. The minimum Gasteiger partial charge on any atom is -0.378 e. The van der Waals surface area contributed by atoms with Gasteiger partial charge in [-0.1, -0.05) is 0 Å². The lowest BCUT2D eigenvalue weighted by atomic mass is 10.1. The Kier molecular flexibility index (Phi) is 5.00. The van der Waals surface area contributed by atoms with Crippen molar-refractivity contribution in [1.82, 2.24) is 9.71 Å². The van der Waals surface area contributed by atoms with Gasteiger partial charge in [0.25, 0.3) is 0 Å². The fourth-order valence-corrected chi connectivity index (χ4v) is 4.16. The molecule has 0 saturated carbocycles. The Bertz CT molecular complexity index is 579. The first-order chi connectivity index (χ1) is 9.42. The number of sulfonamides is 1. The molecule has 20 heavy (non-hydrogen) atoms. The summed E-state index contributed by atoms with van der Waals surface area (Å²) in [6, 6.07) is 1.44. The van der Waals surface area contributed by atoms with Crippen LogP contribution in [0.4, 0.5) is 5.82 Å². The van der Waals surface area contributed by atoms with Crippen LogP contribution in [0, 0.1) is 0 Å². The molecule has 2 atom stereocenters. The molecule has 8 heteroatoms. The number of ether oxygens (including phenoxy) is 1. The number of nitrogens with one attached hydrogen (secondary N) is 2. The highest BCUT2D eigenvalue weighted by Gasteiger charge is 2.27. The molecule has 1 aromatic rings. The molecule has 0 aromatic carbocycles. The monoisotopic (exact) mass is 363 g/mol. The van der Waals surface area contributed by atoms with Crippen molar-refractivity contribution in [2.24, 2.45) is 0 Å². The Morgan fingerprint density at radius 2 is 2.25 bits per heavy atom. The van der Waals surface area contributed by atoms with E-state index in [1.54, 1.807) is 19.3 Å². The van der Waals surface area contributed by atoms with Gasteiger partial charge < -0.3 is 10.1 Å². The van der Waals surface area contributed by atoms with Crippen molar-refractivity contribution in [1.29, 1.82) is 0 Å². The maximum atomic E-state index is 12.5. The van der Waals surface area contributed by atoms with Crippen LogP contribution in [0.15, 0.2) is 21.6 Å². The largest absolute Gasteiger partial charge is 0.378 e. The second kappa shape index (κ2) is 6.38. The number of halogens is 1. The van der Waals surface area contributed by atoms with Gasteiger partial charge >= 0.3 is 0 Å². The van der Waals surface area contributed by atoms with E-state index in [9.17, 15) is 8.42 Å². The van der Waals surface area contributed by atoms with Gasteiger partial charge in [-0.15, -0.1) is 0 Å². The molecule has 0 radical (unpaired) electrons. The van der Waals surface area contributed by atoms with Crippen LogP contribution in [0.3, 0.4) is 0 Å². The van der Waals surface area contributed by atoms with E-state index in [2.05, 4.69) is 31.0 Å². The van der Waals surface area contributed by atoms with E-state index in [-0.39, 0.29) is 17.0 Å². The molecule has 0 bridgehead atoms. The Balaban J connectivity index is 2.24. The van der Waals surface area contributed by atoms with E-state index in [1.807, 2.05) is 6.92 Å². The zero-order valence-corrected chi connectivity index (χ0v) is 13.8. The van der Waals surface area contributed by atoms with Gasteiger partial charge in [0, 0.05) is 30.4 Å². The van der Waals surface area contributed by atoms with Crippen molar-refractivity contribution in [2.45, 2.75) is 36.8 Å². The molecule has 6 nitrogen and oxygen atoms in total. The Hall–Kier alpha value is -0.700. The van der Waals surface area contributed by atoms with Gasteiger partial charge in [0.1, 0.15) is 10.7 Å². The van der Waals surface area contributed by atoms with Crippen molar-refractivity contribution in [3.8, 4) is 0 Å². The number of anilines is 1. The number of pyridine rings is 1. The molecule has 1 aromatic heterocycles. The van der Waals surface area contributed by atoms with Gasteiger partial charge in [-0.25, -0.2) is 18.1 Å². The maximum absolute atomic E-state index is 12.5.